The normalized spacial score (nSPS) is 23.7. The molecule has 0 aromatic heterocycles. The molecular weight excluding hydrogens is 240 g/mol. The van der Waals surface area contributed by atoms with Crippen LogP contribution in [0.2, 0.25) is 5.02 Å². The Morgan fingerprint density at radius 1 is 1.53 bits per heavy atom. The third kappa shape index (κ3) is 2.61. The lowest BCUT2D eigenvalue weighted by atomic mass is 9.95. The summed E-state index contributed by atoms with van der Waals surface area (Å²) in [4.78, 5) is 12.2. The number of ketones is 1. The van der Waals surface area contributed by atoms with E-state index in [1.807, 2.05) is 6.92 Å². The Morgan fingerprint density at radius 3 is 2.82 bits per heavy atom. The zero-order valence-corrected chi connectivity index (χ0v) is 10.7. The Balaban J connectivity index is 2.19. The molecule has 0 bridgehead atoms. The predicted molar refractivity (Wildman–Crippen MR) is 65.9 cm³/mol. The van der Waals surface area contributed by atoms with Crippen LogP contribution in [-0.2, 0) is 4.74 Å². The molecule has 3 nitrogen and oxygen atoms in total. The molecular formula is C13H15ClO3. The molecule has 2 atom stereocenters. The fourth-order valence-electron chi connectivity index (χ4n) is 2.04. The van der Waals surface area contributed by atoms with Gasteiger partial charge in [0.25, 0.3) is 0 Å². The van der Waals surface area contributed by atoms with Crippen molar-refractivity contribution in [3.63, 3.8) is 0 Å². The van der Waals surface area contributed by atoms with Gasteiger partial charge in [-0.05, 0) is 31.5 Å². The first kappa shape index (κ1) is 12.4. The van der Waals surface area contributed by atoms with Crippen LogP contribution in [0, 0.1) is 5.92 Å². The van der Waals surface area contributed by atoms with Crippen molar-refractivity contribution in [1.29, 1.82) is 0 Å². The van der Waals surface area contributed by atoms with Crippen LogP contribution in [0.1, 0.15) is 23.7 Å². The summed E-state index contributed by atoms with van der Waals surface area (Å²) in [5.41, 5.74) is 0.551. The van der Waals surface area contributed by atoms with Crippen LogP contribution in [0.25, 0.3) is 0 Å². The number of carbonyl (C=O) groups excluding carboxylic acids is 1. The van der Waals surface area contributed by atoms with Gasteiger partial charge < -0.3 is 9.47 Å². The molecule has 92 valence electrons. The number of halogens is 1. The van der Waals surface area contributed by atoms with E-state index >= 15 is 0 Å². The topological polar surface area (TPSA) is 35.5 Å². The summed E-state index contributed by atoms with van der Waals surface area (Å²) in [5.74, 6) is 0.639. The number of rotatable bonds is 3. The number of Topliss-reactive ketones (excluding diaryl/α,β-unsaturated/α-hetero) is 1. The van der Waals surface area contributed by atoms with Crippen LogP contribution < -0.4 is 4.74 Å². The zero-order chi connectivity index (χ0) is 12.4. The van der Waals surface area contributed by atoms with Crippen LogP contribution in [0.5, 0.6) is 5.75 Å². The van der Waals surface area contributed by atoms with Crippen molar-refractivity contribution < 1.29 is 14.3 Å². The Morgan fingerprint density at radius 2 is 2.29 bits per heavy atom. The van der Waals surface area contributed by atoms with Crippen molar-refractivity contribution in [2.75, 3.05) is 13.7 Å². The van der Waals surface area contributed by atoms with Gasteiger partial charge >= 0.3 is 0 Å². The molecule has 1 heterocycles. The highest BCUT2D eigenvalue weighted by atomic mass is 35.5. The second-order valence-corrected chi connectivity index (χ2v) is 4.69. The average molecular weight is 255 g/mol. The van der Waals surface area contributed by atoms with Gasteiger partial charge in [0, 0.05) is 11.5 Å². The van der Waals surface area contributed by atoms with E-state index in [1.54, 1.807) is 25.3 Å². The maximum Gasteiger partial charge on any atom is 0.169 e. The van der Waals surface area contributed by atoms with Crippen LogP contribution in [0.4, 0.5) is 0 Å². The van der Waals surface area contributed by atoms with E-state index in [9.17, 15) is 4.79 Å². The summed E-state index contributed by atoms with van der Waals surface area (Å²) < 4.78 is 10.5. The highest BCUT2D eigenvalue weighted by Crippen LogP contribution is 2.28. The summed E-state index contributed by atoms with van der Waals surface area (Å²) in [6, 6.07) is 5.12. The van der Waals surface area contributed by atoms with Crippen LogP contribution >= 0.6 is 11.6 Å². The summed E-state index contributed by atoms with van der Waals surface area (Å²) in [5, 5.41) is 0.439. The zero-order valence-electron chi connectivity index (χ0n) is 9.90. The highest BCUT2D eigenvalue weighted by Gasteiger charge is 2.29. The molecule has 0 N–H and O–H groups in total. The highest BCUT2D eigenvalue weighted by molar-refractivity contribution is 6.34. The molecule has 1 fully saturated rings. The number of hydrogen-bond acceptors (Lipinski definition) is 3. The van der Waals surface area contributed by atoms with E-state index in [1.165, 1.54) is 0 Å². The number of benzene rings is 1. The Kier molecular flexibility index (Phi) is 3.69. The lowest BCUT2D eigenvalue weighted by Crippen LogP contribution is -2.15. The van der Waals surface area contributed by atoms with Gasteiger partial charge in [-0.3, -0.25) is 4.79 Å². The van der Waals surface area contributed by atoms with Gasteiger partial charge in [-0.15, -0.1) is 0 Å². The summed E-state index contributed by atoms with van der Waals surface area (Å²) in [7, 11) is 1.57. The second-order valence-electron chi connectivity index (χ2n) is 4.29. The average Bonchev–Trinajstić information content (AvgIpc) is 2.75. The number of ether oxygens (including phenoxy) is 2. The molecule has 0 saturated carbocycles. The van der Waals surface area contributed by atoms with E-state index in [0.29, 0.717) is 22.9 Å². The van der Waals surface area contributed by atoms with Gasteiger partial charge in [0.15, 0.2) is 5.78 Å². The van der Waals surface area contributed by atoms with Crippen LogP contribution in [0.15, 0.2) is 18.2 Å². The van der Waals surface area contributed by atoms with Crippen LogP contribution in [-0.4, -0.2) is 25.6 Å². The standard InChI is InChI=1S/C13H15ClO3/c1-8-5-9(7-17-8)13(15)11-4-3-10(16-2)6-12(11)14/h3-4,6,8-9H,5,7H2,1-2H3. The molecule has 1 aliphatic heterocycles. The van der Waals surface area contributed by atoms with Crippen molar-refractivity contribution in [1.82, 2.24) is 0 Å². The van der Waals surface area contributed by atoms with Gasteiger partial charge in [-0.2, -0.15) is 0 Å². The maximum atomic E-state index is 12.2. The molecule has 2 rings (SSSR count). The molecule has 4 heteroatoms. The van der Waals surface area contributed by atoms with E-state index < -0.39 is 0 Å². The first-order chi connectivity index (χ1) is 8.11. The smallest absolute Gasteiger partial charge is 0.169 e. The van der Waals surface area contributed by atoms with Gasteiger partial charge in [0.05, 0.1) is 24.8 Å². The predicted octanol–water partition coefficient (Wildman–Crippen LogP) is 2.96. The third-order valence-electron chi connectivity index (χ3n) is 3.01. The van der Waals surface area contributed by atoms with Gasteiger partial charge in [0.1, 0.15) is 5.75 Å². The molecule has 17 heavy (non-hydrogen) atoms. The first-order valence-electron chi connectivity index (χ1n) is 5.61. The summed E-state index contributed by atoms with van der Waals surface area (Å²) >= 11 is 6.08. The summed E-state index contributed by atoms with van der Waals surface area (Å²) in [6.07, 6.45) is 0.919. The number of hydrogen-bond donors (Lipinski definition) is 0. The van der Waals surface area contributed by atoms with E-state index in [0.717, 1.165) is 6.42 Å². The lowest BCUT2D eigenvalue weighted by molar-refractivity contribution is 0.0878. The molecule has 1 aliphatic rings. The second kappa shape index (κ2) is 5.07. The third-order valence-corrected chi connectivity index (χ3v) is 3.32. The molecule has 0 spiro atoms. The SMILES string of the molecule is COc1ccc(C(=O)C2COC(C)C2)c(Cl)c1. The Labute approximate surface area is 106 Å². The first-order valence-corrected chi connectivity index (χ1v) is 5.99. The van der Waals surface area contributed by atoms with Crippen molar-refractivity contribution in [2.24, 2.45) is 5.92 Å². The van der Waals surface area contributed by atoms with Gasteiger partial charge in [-0.1, -0.05) is 11.6 Å². The van der Waals surface area contributed by atoms with Crippen LogP contribution in [0.3, 0.4) is 0 Å². The minimum absolute atomic E-state index is 0.0574. The molecule has 0 aliphatic carbocycles. The minimum Gasteiger partial charge on any atom is -0.497 e. The Hall–Kier alpha value is -1.06. The summed E-state index contributed by atoms with van der Waals surface area (Å²) in [6.45, 7) is 2.46. The van der Waals surface area contributed by atoms with E-state index in [2.05, 4.69) is 0 Å². The van der Waals surface area contributed by atoms with E-state index in [4.69, 9.17) is 21.1 Å². The Bertz CT molecular complexity index is 431. The molecule has 1 saturated heterocycles. The molecule has 2 unspecified atom stereocenters. The molecule has 1 aromatic carbocycles. The molecule has 0 amide bonds. The fraction of sp³-hybridized carbons (Fsp3) is 0.462. The lowest BCUT2D eigenvalue weighted by Gasteiger charge is -2.09. The maximum absolute atomic E-state index is 12.2. The van der Waals surface area contributed by atoms with Crippen molar-refractivity contribution in [3.8, 4) is 5.75 Å². The largest absolute Gasteiger partial charge is 0.497 e. The molecule has 0 radical (unpaired) electrons. The van der Waals surface area contributed by atoms with Gasteiger partial charge in [0.2, 0.25) is 0 Å². The minimum atomic E-state index is -0.0732. The van der Waals surface area contributed by atoms with Gasteiger partial charge in [-0.25, -0.2) is 0 Å². The van der Waals surface area contributed by atoms with E-state index in [-0.39, 0.29) is 17.8 Å². The molecule has 1 aromatic rings. The van der Waals surface area contributed by atoms with Crippen molar-refractivity contribution >= 4 is 17.4 Å². The monoisotopic (exact) mass is 254 g/mol. The quantitative estimate of drug-likeness (QED) is 0.778. The van der Waals surface area contributed by atoms with Crippen molar-refractivity contribution in [3.05, 3.63) is 28.8 Å². The fourth-order valence-corrected chi connectivity index (χ4v) is 2.31. The number of methoxy groups -OCH3 is 1. The van der Waals surface area contributed by atoms with Crippen molar-refractivity contribution in [2.45, 2.75) is 19.4 Å². The number of carbonyl (C=O) groups is 1.